The van der Waals surface area contributed by atoms with Crippen molar-refractivity contribution in [2.24, 2.45) is 35.5 Å². The molecule has 1 heteroatoms. The van der Waals surface area contributed by atoms with Crippen LogP contribution in [0.1, 0.15) is 112 Å². The second kappa shape index (κ2) is 16.5. The van der Waals surface area contributed by atoms with Gasteiger partial charge in [0.2, 0.25) is 0 Å². The maximum absolute atomic E-state index is 4.59. The van der Waals surface area contributed by atoms with Crippen molar-refractivity contribution in [2.75, 3.05) is 5.75 Å². The Bertz CT molecular complexity index is 438. The number of hydrogen-bond donors (Lipinski definition) is 1. The van der Waals surface area contributed by atoms with Gasteiger partial charge < -0.3 is 0 Å². The van der Waals surface area contributed by atoms with Crippen LogP contribution in [0.25, 0.3) is 0 Å². The predicted molar refractivity (Wildman–Crippen MR) is 137 cm³/mol. The number of hydrogen-bond acceptors (Lipinski definition) is 1. The van der Waals surface area contributed by atoms with Gasteiger partial charge >= 0.3 is 0 Å². The molecule has 2 rings (SSSR count). The zero-order valence-corrected chi connectivity index (χ0v) is 21.3. The van der Waals surface area contributed by atoms with Crippen molar-refractivity contribution in [2.45, 2.75) is 112 Å². The average Bonchev–Trinajstić information content (AvgIpc) is 2.76. The van der Waals surface area contributed by atoms with Crippen LogP contribution in [0.2, 0.25) is 0 Å². The summed E-state index contributed by atoms with van der Waals surface area (Å²) < 4.78 is 0. The summed E-state index contributed by atoms with van der Waals surface area (Å²) in [6.07, 6.45) is 26.6. The molecule has 0 saturated heterocycles. The molecule has 0 heterocycles. The van der Waals surface area contributed by atoms with E-state index in [1.165, 1.54) is 77.0 Å². The Morgan fingerprint density at radius 2 is 1.48 bits per heavy atom. The number of thiol groups is 1. The van der Waals surface area contributed by atoms with E-state index in [4.69, 9.17) is 0 Å². The first-order valence-electron chi connectivity index (χ1n) is 13.1. The maximum atomic E-state index is 4.59. The summed E-state index contributed by atoms with van der Waals surface area (Å²) in [6, 6.07) is 0. The van der Waals surface area contributed by atoms with E-state index in [0.29, 0.717) is 0 Å². The molecule has 0 fully saturated rings. The molecular formula is C28H52S. The second-order valence-corrected chi connectivity index (χ2v) is 10.2. The molecule has 170 valence electrons. The molecule has 0 bridgehead atoms. The lowest BCUT2D eigenvalue weighted by molar-refractivity contribution is 0.200. The molecule has 29 heavy (non-hydrogen) atoms. The van der Waals surface area contributed by atoms with Crippen molar-refractivity contribution >= 4 is 12.6 Å². The highest BCUT2D eigenvalue weighted by atomic mass is 32.1. The first-order chi connectivity index (χ1) is 14.1. The Kier molecular flexibility index (Phi) is 15.3. The minimum atomic E-state index is 0.749. The Hall–Kier alpha value is -0.170. The van der Waals surface area contributed by atoms with Crippen molar-refractivity contribution < 1.29 is 0 Å². The fourth-order valence-electron chi connectivity index (χ4n) is 5.59. The van der Waals surface area contributed by atoms with Crippen LogP contribution >= 0.6 is 12.6 Å². The third kappa shape index (κ3) is 11.1. The number of rotatable bonds is 12. The highest BCUT2D eigenvalue weighted by molar-refractivity contribution is 7.80. The van der Waals surface area contributed by atoms with Gasteiger partial charge in [0.1, 0.15) is 0 Å². The van der Waals surface area contributed by atoms with Crippen molar-refractivity contribution in [1.82, 2.24) is 0 Å². The molecule has 6 unspecified atom stereocenters. The molecule has 0 N–H and O–H groups in total. The van der Waals surface area contributed by atoms with Gasteiger partial charge in [0.25, 0.3) is 0 Å². The van der Waals surface area contributed by atoms with E-state index in [9.17, 15) is 0 Å². The summed E-state index contributed by atoms with van der Waals surface area (Å²) in [6.45, 7) is 11.4. The van der Waals surface area contributed by atoms with Gasteiger partial charge in [0.05, 0.1) is 0 Å². The van der Waals surface area contributed by atoms with E-state index in [1.807, 2.05) is 13.8 Å². The van der Waals surface area contributed by atoms with Crippen LogP contribution in [0.4, 0.5) is 0 Å². The highest BCUT2D eigenvalue weighted by Gasteiger charge is 2.26. The zero-order valence-electron chi connectivity index (χ0n) is 20.4. The molecular weight excluding hydrogens is 368 g/mol. The largest absolute Gasteiger partial charge is 0.179 e. The summed E-state index contributed by atoms with van der Waals surface area (Å²) in [4.78, 5) is 0. The molecule has 0 nitrogen and oxygen atoms in total. The van der Waals surface area contributed by atoms with Crippen LogP contribution in [0, 0.1) is 35.5 Å². The fraction of sp³-hybridized carbons (Fsp3) is 0.857. The van der Waals surface area contributed by atoms with Crippen LogP contribution in [-0.4, -0.2) is 5.75 Å². The zero-order chi connectivity index (χ0) is 21.5. The Morgan fingerprint density at radius 3 is 1.97 bits per heavy atom. The minimum Gasteiger partial charge on any atom is -0.179 e. The Morgan fingerprint density at radius 1 is 0.897 bits per heavy atom. The van der Waals surface area contributed by atoms with E-state index < -0.39 is 0 Å². The SMILES string of the molecule is CC.CCCC(CC1C=CCCC1)CC(C)C(CC(C)CS)CC1C=CCCC1. The van der Waals surface area contributed by atoms with Crippen molar-refractivity contribution in [3.63, 3.8) is 0 Å². The van der Waals surface area contributed by atoms with E-state index >= 15 is 0 Å². The normalized spacial score (nSPS) is 25.6. The van der Waals surface area contributed by atoms with Crippen molar-refractivity contribution in [1.29, 1.82) is 0 Å². The molecule has 2 aliphatic carbocycles. The van der Waals surface area contributed by atoms with Crippen LogP contribution in [0.15, 0.2) is 24.3 Å². The van der Waals surface area contributed by atoms with Gasteiger partial charge in [0, 0.05) is 0 Å². The van der Waals surface area contributed by atoms with Gasteiger partial charge in [-0.15, -0.1) is 0 Å². The first-order valence-corrected chi connectivity index (χ1v) is 13.7. The van der Waals surface area contributed by atoms with Gasteiger partial charge in [-0.25, -0.2) is 0 Å². The minimum absolute atomic E-state index is 0.749. The molecule has 0 spiro atoms. The van der Waals surface area contributed by atoms with Crippen LogP contribution in [-0.2, 0) is 0 Å². The van der Waals surface area contributed by atoms with E-state index in [1.54, 1.807) is 0 Å². The van der Waals surface area contributed by atoms with Crippen LogP contribution < -0.4 is 0 Å². The second-order valence-electron chi connectivity index (χ2n) is 9.86. The quantitative estimate of drug-likeness (QED) is 0.236. The third-order valence-electron chi connectivity index (χ3n) is 7.17. The molecule has 0 aromatic heterocycles. The van der Waals surface area contributed by atoms with Gasteiger partial charge in [0.15, 0.2) is 0 Å². The summed E-state index contributed by atoms with van der Waals surface area (Å²) in [5.41, 5.74) is 0. The summed E-state index contributed by atoms with van der Waals surface area (Å²) in [5, 5.41) is 0. The predicted octanol–water partition coefficient (Wildman–Crippen LogP) is 9.52. The highest BCUT2D eigenvalue weighted by Crippen LogP contribution is 2.37. The molecule has 6 atom stereocenters. The van der Waals surface area contributed by atoms with Gasteiger partial charge in [-0.2, -0.15) is 12.6 Å². The lowest BCUT2D eigenvalue weighted by Gasteiger charge is -2.33. The van der Waals surface area contributed by atoms with Crippen LogP contribution in [0.5, 0.6) is 0 Å². The van der Waals surface area contributed by atoms with Crippen molar-refractivity contribution in [3.05, 3.63) is 24.3 Å². The topological polar surface area (TPSA) is 0 Å². The van der Waals surface area contributed by atoms with Gasteiger partial charge in [-0.3, -0.25) is 0 Å². The summed E-state index contributed by atoms with van der Waals surface area (Å²) in [5.74, 6) is 6.14. The average molecular weight is 421 g/mol. The standard InChI is InChI=1S/C26H46S.C2H6/c1-4-11-25(18-23-12-7-5-8-13-23)17-22(3)26(16-21(2)20-27)19-24-14-9-6-10-15-24;1-2/h7,9,12,14,21-27H,4-6,8,10-11,13,15-20H2,1-3H3;1-2H3. The first kappa shape index (κ1) is 26.9. The molecule has 0 aromatic rings. The maximum Gasteiger partial charge on any atom is -0.00720 e. The Labute approximate surface area is 189 Å². The van der Waals surface area contributed by atoms with Gasteiger partial charge in [-0.05, 0) is 105 Å². The fourth-order valence-corrected chi connectivity index (χ4v) is 5.74. The van der Waals surface area contributed by atoms with E-state index in [0.717, 1.165) is 41.3 Å². The van der Waals surface area contributed by atoms with E-state index in [-0.39, 0.29) is 0 Å². The summed E-state index contributed by atoms with van der Waals surface area (Å²) >= 11 is 4.59. The third-order valence-corrected chi connectivity index (χ3v) is 7.80. The molecule has 2 aliphatic rings. The molecule has 0 amide bonds. The van der Waals surface area contributed by atoms with Crippen molar-refractivity contribution in [3.8, 4) is 0 Å². The monoisotopic (exact) mass is 420 g/mol. The van der Waals surface area contributed by atoms with Gasteiger partial charge in [-0.1, -0.05) is 71.8 Å². The molecule has 0 aromatic carbocycles. The lowest BCUT2D eigenvalue weighted by atomic mass is 9.73. The van der Waals surface area contributed by atoms with Crippen LogP contribution in [0.3, 0.4) is 0 Å². The lowest BCUT2D eigenvalue weighted by Crippen LogP contribution is -2.23. The molecule has 0 aliphatic heterocycles. The van der Waals surface area contributed by atoms with E-state index in [2.05, 4.69) is 57.7 Å². The molecule has 0 saturated carbocycles. The summed E-state index contributed by atoms with van der Waals surface area (Å²) in [7, 11) is 0. The smallest absolute Gasteiger partial charge is 0.00720 e. The number of allylic oxidation sites excluding steroid dienone is 4. The molecule has 0 radical (unpaired) electrons. The Balaban J connectivity index is 0.00000204.